The van der Waals surface area contributed by atoms with E-state index in [9.17, 15) is 14.3 Å². The molecule has 11 heteroatoms. The second kappa shape index (κ2) is 10.8. The van der Waals surface area contributed by atoms with Gasteiger partial charge in [0, 0.05) is 56.1 Å². The molecule has 216 valence electrons. The fourth-order valence-corrected chi connectivity index (χ4v) is 5.90. The monoisotopic (exact) mass is 569 g/mol. The summed E-state index contributed by atoms with van der Waals surface area (Å²) in [5.74, 6) is -0.0511. The van der Waals surface area contributed by atoms with Gasteiger partial charge in [-0.15, -0.1) is 0 Å². The quantitative estimate of drug-likeness (QED) is 0.303. The number of aromatic nitrogens is 5. The van der Waals surface area contributed by atoms with E-state index in [1.165, 1.54) is 18.5 Å². The molecule has 0 unspecified atom stereocenters. The van der Waals surface area contributed by atoms with Crippen molar-refractivity contribution in [2.45, 2.75) is 50.4 Å². The lowest BCUT2D eigenvalue weighted by molar-refractivity contribution is 0.0448. The van der Waals surface area contributed by atoms with Gasteiger partial charge < -0.3 is 24.6 Å². The number of aliphatic hydroxyl groups is 1. The Morgan fingerprint density at radius 3 is 2.67 bits per heavy atom. The molecule has 42 heavy (non-hydrogen) atoms. The average Bonchev–Trinajstić information content (AvgIpc) is 3.61. The Hall–Kier alpha value is -4.35. The van der Waals surface area contributed by atoms with Crippen LogP contribution in [0, 0.1) is 5.82 Å². The summed E-state index contributed by atoms with van der Waals surface area (Å²) in [7, 11) is 1.96. The number of hydrogen-bond donors (Lipinski definition) is 2. The number of carbonyl (C=O) groups is 1. The first-order valence-electron chi connectivity index (χ1n) is 14.3. The Labute approximate surface area is 241 Å². The van der Waals surface area contributed by atoms with Crippen molar-refractivity contribution in [2.75, 3.05) is 25.2 Å². The van der Waals surface area contributed by atoms with Crippen LogP contribution in [0.5, 0.6) is 0 Å². The standard InChI is InChI=1S/C31H32FN7O3/c1-37(17-19-5-3-2-4-6-19)28-14-26(35-30-23(16-34-39(28)30)31(41)36-25-7-8-27(25)40)24-18-38(21-9-11-42-12-10-21)29-22(24)13-20(32)15-33-29/h2-6,13-16,18,21,25,27,40H,7-12,17H2,1H3,(H,36,41)/t25-,27-/m0/s1. The molecule has 4 aromatic heterocycles. The minimum atomic E-state index is -0.550. The predicted octanol–water partition coefficient (Wildman–Crippen LogP) is 4.13. The van der Waals surface area contributed by atoms with Crippen molar-refractivity contribution in [2.24, 2.45) is 0 Å². The highest BCUT2D eigenvalue weighted by atomic mass is 19.1. The number of aliphatic hydroxyl groups excluding tert-OH is 1. The number of ether oxygens (including phenoxy) is 1. The van der Waals surface area contributed by atoms with Crippen LogP contribution in [0.25, 0.3) is 27.9 Å². The van der Waals surface area contributed by atoms with E-state index in [0.717, 1.165) is 36.2 Å². The van der Waals surface area contributed by atoms with Crippen molar-refractivity contribution in [3.8, 4) is 11.3 Å². The molecule has 0 radical (unpaired) electrons. The van der Waals surface area contributed by atoms with Gasteiger partial charge in [-0.2, -0.15) is 9.61 Å². The van der Waals surface area contributed by atoms with Crippen LogP contribution in [0.3, 0.4) is 0 Å². The van der Waals surface area contributed by atoms with E-state index in [4.69, 9.17) is 9.72 Å². The second-order valence-electron chi connectivity index (χ2n) is 11.2. The molecule has 1 saturated carbocycles. The summed E-state index contributed by atoms with van der Waals surface area (Å²) in [5, 5.41) is 18.2. The van der Waals surface area contributed by atoms with Gasteiger partial charge in [0.25, 0.3) is 5.91 Å². The van der Waals surface area contributed by atoms with Gasteiger partial charge in [0.15, 0.2) is 5.65 Å². The summed E-state index contributed by atoms with van der Waals surface area (Å²) in [6.07, 6.45) is 7.25. The summed E-state index contributed by atoms with van der Waals surface area (Å²) in [6.45, 7) is 1.90. The number of fused-ring (bicyclic) bond motifs is 2. The molecule has 7 rings (SSSR count). The largest absolute Gasteiger partial charge is 0.391 e. The van der Waals surface area contributed by atoms with E-state index < -0.39 is 11.9 Å². The third kappa shape index (κ3) is 4.78. The van der Waals surface area contributed by atoms with Crippen LogP contribution >= 0.6 is 0 Å². The van der Waals surface area contributed by atoms with Gasteiger partial charge >= 0.3 is 0 Å². The topological polar surface area (TPSA) is 110 Å². The molecule has 0 spiro atoms. The Kier molecular flexibility index (Phi) is 6.83. The molecule has 1 saturated heterocycles. The summed E-state index contributed by atoms with van der Waals surface area (Å²) in [5.41, 5.74) is 3.79. The number of nitrogens with one attached hydrogen (secondary N) is 1. The van der Waals surface area contributed by atoms with Gasteiger partial charge in [0.1, 0.15) is 22.8 Å². The lowest BCUT2D eigenvalue weighted by atomic mass is 9.89. The maximum Gasteiger partial charge on any atom is 0.257 e. The number of carbonyl (C=O) groups excluding carboxylic acids is 1. The van der Waals surface area contributed by atoms with Crippen molar-refractivity contribution in [3.63, 3.8) is 0 Å². The number of rotatable bonds is 7. The number of anilines is 1. The number of hydrogen-bond acceptors (Lipinski definition) is 7. The van der Waals surface area contributed by atoms with E-state index in [1.807, 2.05) is 42.4 Å². The van der Waals surface area contributed by atoms with Crippen LogP contribution < -0.4 is 10.2 Å². The summed E-state index contributed by atoms with van der Waals surface area (Å²) in [4.78, 5) is 24.8. The summed E-state index contributed by atoms with van der Waals surface area (Å²) in [6, 6.07) is 13.4. The first kappa shape index (κ1) is 26.5. The van der Waals surface area contributed by atoms with Crippen molar-refractivity contribution >= 4 is 28.4 Å². The minimum absolute atomic E-state index is 0.169. The fraction of sp³-hybridized carbons (Fsp3) is 0.355. The summed E-state index contributed by atoms with van der Waals surface area (Å²) >= 11 is 0. The van der Waals surface area contributed by atoms with E-state index in [-0.39, 0.29) is 18.0 Å². The number of amides is 1. The smallest absolute Gasteiger partial charge is 0.257 e. The van der Waals surface area contributed by atoms with Gasteiger partial charge in [0.2, 0.25) is 0 Å². The number of pyridine rings is 1. The molecule has 2 N–H and O–H groups in total. The minimum Gasteiger partial charge on any atom is -0.391 e. The lowest BCUT2D eigenvalue weighted by Gasteiger charge is -2.32. The van der Waals surface area contributed by atoms with Crippen molar-refractivity contribution in [1.82, 2.24) is 29.5 Å². The van der Waals surface area contributed by atoms with Crippen LogP contribution in [0.1, 0.15) is 47.6 Å². The van der Waals surface area contributed by atoms with Gasteiger partial charge in [-0.25, -0.2) is 14.4 Å². The molecule has 1 aliphatic carbocycles. The fourth-order valence-electron chi connectivity index (χ4n) is 5.90. The van der Waals surface area contributed by atoms with Gasteiger partial charge in [-0.05, 0) is 37.3 Å². The molecule has 1 aromatic carbocycles. The first-order valence-corrected chi connectivity index (χ1v) is 14.3. The molecule has 0 bridgehead atoms. The molecule has 5 heterocycles. The highest BCUT2D eigenvalue weighted by Gasteiger charge is 2.32. The molecule has 1 amide bonds. The van der Waals surface area contributed by atoms with E-state index in [0.29, 0.717) is 54.1 Å². The second-order valence-corrected chi connectivity index (χ2v) is 11.2. The molecular formula is C31H32FN7O3. The average molecular weight is 570 g/mol. The van der Waals surface area contributed by atoms with E-state index in [1.54, 1.807) is 4.52 Å². The Bertz CT molecular complexity index is 1760. The van der Waals surface area contributed by atoms with Gasteiger partial charge in [0.05, 0.1) is 30.2 Å². The highest BCUT2D eigenvalue weighted by Crippen LogP contribution is 2.36. The first-order chi connectivity index (χ1) is 20.5. The van der Waals surface area contributed by atoms with Crippen molar-refractivity contribution < 1.29 is 19.0 Å². The Balaban J connectivity index is 1.38. The third-order valence-corrected chi connectivity index (χ3v) is 8.40. The molecule has 5 aromatic rings. The number of halogens is 1. The molecule has 10 nitrogen and oxygen atoms in total. The Morgan fingerprint density at radius 1 is 1.12 bits per heavy atom. The Morgan fingerprint density at radius 2 is 1.93 bits per heavy atom. The zero-order chi connectivity index (χ0) is 28.8. The molecule has 2 fully saturated rings. The normalized spacial score (nSPS) is 19.2. The van der Waals surface area contributed by atoms with Crippen LogP contribution in [0.4, 0.5) is 10.2 Å². The predicted molar refractivity (Wildman–Crippen MR) is 156 cm³/mol. The molecule has 2 aliphatic rings. The maximum absolute atomic E-state index is 14.6. The van der Waals surface area contributed by atoms with E-state index >= 15 is 0 Å². The van der Waals surface area contributed by atoms with Crippen LogP contribution in [-0.2, 0) is 11.3 Å². The zero-order valence-electron chi connectivity index (χ0n) is 23.3. The summed E-state index contributed by atoms with van der Waals surface area (Å²) < 4.78 is 23.9. The SMILES string of the molecule is CN(Cc1ccccc1)c1cc(-c2cn(C3CCOCC3)c3ncc(F)cc23)nc2c(C(=O)N[C@H]3CC[C@@H]3O)cnn12. The van der Waals surface area contributed by atoms with Crippen LogP contribution in [-0.4, -0.2) is 67.6 Å². The van der Waals surface area contributed by atoms with Crippen LogP contribution in [0.15, 0.2) is 61.1 Å². The lowest BCUT2D eigenvalue weighted by Crippen LogP contribution is -2.50. The molecular weight excluding hydrogens is 537 g/mol. The van der Waals surface area contributed by atoms with Gasteiger partial charge in [-0.3, -0.25) is 4.79 Å². The van der Waals surface area contributed by atoms with Crippen molar-refractivity contribution in [1.29, 1.82) is 0 Å². The van der Waals surface area contributed by atoms with E-state index in [2.05, 4.69) is 32.1 Å². The third-order valence-electron chi connectivity index (χ3n) is 8.40. The number of benzene rings is 1. The molecule has 1 aliphatic heterocycles. The highest BCUT2D eigenvalue weighted by molar-refractivity contribution is 6.01. The maximum atomic E-state index is 14.6. The van der Waals surface area contributed by atoms with Gasteiger partial charge in [-0.1, -0.05) is 30.3 Å². The van der Waals surface area contributed by atoms with Crippen molar-refractivity contribution in [3.05, 3.63) is 78.0 Å². The molecule has 2 atom stereocenters. The van der Waals surface area contributed by atoms with Crippen LogP contribution in [0.2, 0.25) is 0 Å². The zero-order valence-corrected chi connectivity index (χ0v) is 23.3. The number of nitrogens with zero attached hydrogens (tertiary/aromatic N) is 6.